The van der Waals surface area contributed by atoms with E-state index < -0.39 is 57.3 Å². The molecule has 20 heavy (non-hydrogen) atoms. The van der Waals surface area contributed by atoms with E-state index >= 15 is 0 Å². The standard InChI is InChI=1S/C8H4F10S2/c9-4-3(6(11,12)13)5(10,20-2-1-19-4)7(14,15)8(16,17)18/h1-2H2. The van der Waals surface area contributed by atoms with Gasteiger partial charge in [-0.3, -0.25) is 0 Å². The minimum atomic E-state index is -6.60. The van der Waals surface area contributed by atoms with Crippen molar-refractivity contribution in [3.63, 3.8) is 0 Å². The summed E-state index contributed by atoms with van der Waals surface area (Å²) in [7, 11) is 0. The molecule has 0 bridgehead atoms. The third-order valence-electron chi connectivity index (χ3n) is 2.17. The van der Waals surface area contributed by atoms with Crippen molar-refractivity contribution in [3.8, 4) is 0 Å². The number of halogens is 10. The zero-order valence-electron chi connectivity index (χ0n) is 9.01. The first-order valence-corrected chi connectivity index (χ1v) is 6.60. The zero-order chi connectivity index (χ0) is 16.0. The molecule has 0 saturated carbocycles. The van der Waals surface area contributed by atoms with Gasteiger partial charge in [-0.1, -0.05) is 11.8 Å². The lowest BCUT2D eigenvalue weighted by Gasteiger charge is -2.35. The maximum absolute atomic E-state index is 14.0. The van der Waals surface area contributed by atoms with E-state index in [0.29, 0.717) is 0 Å². The fraction of sp³-hybridized carbons (Fsp3) is 0.750. The van der Waals surface area contributed by atoms with Gasteiger partial charge in [-0.15, -0.1) is 11.8 Å². The molecule has 1 aliphatic heterocycles. The van der Waals surface area contributed by atoms with Gasteiger partial charge in [-0.05, 0) is 0 Å². The van der Waals surface area contributed by atoms with Crippen LogP contribution in [-0.2, 0) is 0 Å². The van der Waals surface area contributed by atoms with Gasteiger partial charge in [0.1, 0.15) is 5.57 Å². The van der Waals surface area contributed by atoms with Crippen molar-refractivity contribution < 1.29 is 43.9 Å². The maximum Gasteiger partial charge on any atom is 0.458 e. The summed E-state index contributed by atoms with van der Waals surface area (Å²) in [6, 6.07) is 0. The van der Waals surface area contributed by atoms with Crippen LogP contribution in [0, 0.1) is 0 Å². The Morgan fingerprint density at radius 2 is 1.40 bits per heavy atom. The van der Waals surface area contributed by atoms with Crippen molar-refractivity contribution in [2.45, 2.75) is 23.3 Å². The molecule has 0 aromatic rings. The summed E-state index contributed by atoms with van der Waals surface area (Å²) in [6.45, 7) is 0. The first-order chi connectivity index (χ1) is 8.75. The van der Waals surface area contributed by atoms with E-state index in [4.69, 9.17) is 0 Å². The van der Waals surface area contributed by atoms with Crippen molar-refractivity contribution in [1.29, 1.82) is 0 Å². The molecule has 0 aromatic carbocycles. The Kier molecular flexibility index (Phi) is 4.61. The molecule has 0 spiro atoms. The lowest BCUT2D eigenvalue weighted by Crippen LogP contribution is -2.55. The Morgan fingerprint density at radius 3 is 1.80 bits per heavy atom. The van der Waals surface area contributed by atoms with Gasteiger partial charge < -0.3 is 0 Å². The fourth-order valence-electron chi connectivity index (χ4n) is 1.31. The van der Waals surface area contributed by atoms with Crippen molar-refractivity contribution >= 4 is 23.5 Å². The van der Waals surface area contributed by atoms with E-state index in [9.17, 15) is 43.9 Å². The van der Waals surface area contributed by atoms with Crippen LogP contribution in [0.2, 0.25) is 0 Å². The lowest BCUT2D eigenvalue weighted by molar-refractivity contribution is -0.309. The van der Waals surface area contributed by atoms with E-state index in [1.165, 1.54) is 0 Å². The van der Waals surface area contributed by atoms with Gasteiger partial charge in [-0.2, -0.15) is 39.5 Å². The summed E-state index contributed by atoms with van der Waals surface area (Å²) < 4.78 is 127. The summed E-state index contributed by atoms with van der Waals surface area (Å²) in [5.41, 5.74) is -3.14. The normalized spacial score (nSPS) is 26.7. The lowest BCUT2D eigenvalue weighted by atomic mass is 10.0. The minimum Gasteiger partial charge on any atom is -0.219 e. The first kappa shape index (κ1) is 17.8. The Morgan fingerprint density at radius 1 is 0.900 bits per heavy atom. The molecule has 0 nitrogen and oxygen atoms in total. The predicted molar refractivity (Wildman–Crippen MR) is 53.9 cm³/mol. The van der Waals surface area contributed by atoms with Crippen LogP contribution in [0.15, 0.2) is 10.7 Å². The number of alkyl halides is 9. The Bertz CT molecular complexity index is 408. The highest BCUT2D eigenvalue weighted by molar-refractivity contribution is 8.06. The summed E-state index contributed by atoms with van der Waals surface area (Å²) >= 11 is -1.18. The summed E-state index contributed by atoms with van der Waals surface area (Å²) in [5, 5.41) is -7.69. The van der Waals surface area contributed by atoms with Gasteiger partial charge in [0.2, 0.25) is 0 Å². The fourth-order valence-corrected chi connectivity index (χ4v) is 3.55. The SMILES string of the molecule is FC1=C(C(F)(F)F)C(F)(C(F)(F)C(F)(F)F)SCCS1. The molecule has 1 unspecified atom stereocenters. The molecule has 1 rings (SSSR count). The van der Waals surface area contributed by atoms with Crippen molar-refractivity contribution in [2.75, 3.05) is 11.5 Å². The second-order valence-electron chi connectivity index (χ2n) is 3.51. The molecule has 0 amide bonds. The molecule has 0 aromatic heterocycles. The molecule has 12 heteroatoms. The van der Waals surface area contributed by atoms with Crippen LogP contribution in [0.25, 0.3) is 0 Å². The molecular weight excluding hydrogens is 350 g/mol. The number of hydrogen-bond acceptors (Lipinski definition) is 2. The number of hydrogen-bond donors (Lipinski definition) is 0. The highest BCUT2D eigenvalue weighted by Crippen LogP contribution is 2.60. The second-order valence-corrected chi connectivity index (χ2v) is 5.83. The molecule has 118 valence electrons. The van der Waals surface area contributed by atoms with Gasteiger partial charge in [0.25, 0.3) is 5.00 Å². The maximum atomic E-state index is 14.0. The average molecular weight is 354 g/mol. The molecule has 0 saturated heterocycles. The molecule has 0 fully saturated rings. The van der Waals surface area contributed by atoms with Gasteiger partial charge in [0.15, 0.2) is 5.16 Å². The highest BCUT2D eigenvalue weighted by Gasteiger charge is 2.77. The molecule has 1 atom stereocenters. The van der Waals surface area contributed by atoms with Gasteiger partial charge in [-0.25, -0.2) is 4.39 Å². The molecule has 0 N–H and O–H groups in total. The molecule has 1 heterocycles. The average Bonchev–Trinajstić information content (AvgIpc) is 2.35. The number of rotatable bonds is 1. The van der Waals surface area contributed by atoms with Crippen LogP contribution in [0.5, 0.6) is 0 Å². The van der Waals surface area contributed by atoms with E-state index in [2.05, 4.69) is 0 Å². The topological polar surface area (TPSA) is 0 Å². The summed E-state index contributed by atoms with van der Waals surface area (Å²) in [5.74, 6) is -7.81. The summed E-state index contributed by atoms with van der Waals surface area (Å²) in [6.07, 6.45) is -12.6. The van der Waals surface area contributed by atoms with Crippen LogP contribution in [0.1, 0.15) is 0 Å². The van der Waals surface area contributed by atoms with Crippen LogP contribution >= 0.6 is 23.5 Å². The molecular formula is C8H4F10S2. The largest absolute Gasteiger partial charge is 0.458 e. The van der Waals surface area contributed by atoms with Gasteiger partial charge in [0, 0.05) is 11.5 Å². The Hall–Kier alpha value is -0.260. The smallest absolute Gasteiger partial charge is 0.219 e. The predicted octanol–water partition coefficient (Wildman–Crippen LogP) is 5.07. The first-order valence-electron chi connectivity index (χ1n) is 4.63. The third kappa shape index (κ3) is 2.85. The Balaban J connectivity index is 3.55. The molecule has 0 aliphatic carbocycles. The third-order valence-corrected chi connectivity index (χ3v) is 4.57. The van der Waals surface area contributed by atoms with Crippen LogP contribution in [0.4, 0.5) is 43.9 Å². The van der Waals surface area contributed by atoms with Crippen molar-refractivity contribution in [2.24, 2.45) is 0 Å². The number of thioether (sulfide) groups is 2. The van der Waals surface area contributed by atoms with Gasteiger partial charge >= 0.3 is 18.3 Å². The van der Waals surface area contributed by atoms with Crippen molar-refractivity contribution in [3.05, 3.63) is 10.7 Å². The van der Waals surface area contributed by atoms with Crippen LogP contribution in [0.3, 0.4) is 0 Å². The van der Waals surface area contributed by atoms with Gasteiger partial charge in [0.05, 0.1) is 0 Å². The van der Waals surface area contributed by atoms with E-state index in [1.54, 1.807) is 0 Å². The van der Waals surface area contributed by atoms with E-state index in [1.807, 2.05) is 0 Å². The minimum absolute atomic E-state index is 0.266. The Labute approximate surface area is 113 Å². The van der Waals surface area contributed by atoms with Crippen molar-refractivity contribution in [1.82, 2.24) is 0 Å². The monoisotopic (exact) mass is 354 g/mol. The quantitative estimate of drug-likeness (QED) is 0.603. The van der Waals surface area contributed by atoms with Crippen LogP contribution in [-0.4, -0.2) is 34.8 Å². The molecule has 0 radical (unpaired) electrons. The second kappa shape index (κ2) is 5.18. The molecule has 1 aliphatic rings. The van der Waals surface area contributed by atoms with E-state index in [-0.39, 0.29) is 11.8 Å². The zero-order valence-corrected chi connectivity index (χ0v) is 10.6. The highest BCUT2D eigenvalue weighted by atomic mass is 32.2. The van der Waals surface area contributed by atoms with Crippen LogP contribution < -0.4 is 0 Å². The van der Waals surface area contributed by atoms with E-state index in [0.717, 1.165) is 0 Å². The summed E-state index contributed by atoms with van der Waals surface area (Å²) in [4.78, 5) is 0.